The van der Waals surface area contributed by atoms with Crippen LogP contribution in [-0.4, -0.2) is 12.6 Å². The Hall–Kier alpha value is -0.930. The largest absolute Gasteiger partial charge is 0.462 e. The van der Waals surface area contributed by atoms with Gasteiger partial charge in [0.15, 0.2) is 0 Å². The van der Waals surface area contributed by atoms with Gasteiger partial charge in [-0.2, -0.15) is 0 Å². The molecule has 0 unspecified atom stereocenters. The fraction of sp³-hybridized carbons (Fsp3) is 0.222. The zero-order valence-corrected chi connectivity index (χ0v) is 9.02. The molecule has 1 rings (SSSR count). The second-order valence-electron chi connectivity index (χ2n) is 2.58. The summed E-state index contributed by atoms with van der Waals surface area (Å²) in [6.07, 6.45) is 0. The molecule has 1 aromatic rings. The summed E-state index contributed by atoms with van der Waals surface area (Å²) in [6, 6.07) is 2.92. The SMILES string of the molecule is CCOC(=O)c1c(Cl)cc(N)cc1Cl. The first-order chi connectivity index (χ1) is 6.56. The van der Waals surface area contributed by atoms with Crippen molar-refractivity contribution in [3.63, 3.8) is 0 Å². The average Bonchev–Trinajstić information content (AvgIpc) is 2.01. The lowest BCUT2D eigenvalue weighted by Crippen LogP contribution is -2.06. The highest BCUT2D eigenvalue weighted by atomic mass is 35.5. The van der Waals surface area contributed by atoms with Crippen molar-refractivity contribution < 1.29 is 9.53 Å². The lowest BCUT2D eigenvalue weighted by Gasteiger charge is -2.06. The van der Waals surface area contributed by atoms with Crippen molar-refractivity contribution in [1.29, 1.82) is 0 Å². The van der Waals surface area contributed by atoms with E-state index in [0.29, 0.717) is 5.69 Å². The zero-order valence-electron chi connectivity index (χ0n) is 7.51. The molecule has 0 radical (unpaired) electrons. The molecule has 0 aromatic heterocycles. The number of carbonyl (C=O) groups excluding carboxylic acids is 1. The lowest BCUT2D eigenvalue weighted by molar-refractivity contribution is 0.0527. The number of anilines is 1. The van der Waals surface area contributed by atoms with Crippen LogP contribution in [0.3, 0.4) is 0 Å². The molecule has 14 heavy (non-hydrogen) atoms. The van der Waals surface area contributed by atoms with Crippen LogP contribution in [0.25, 0.3) is 0 Å². The van der Waals surface area contributed by atoms with Gasteiger partial charge in [-0.05, 0) is 19.1 Å². The predicted octanol–water partition coefficient (Wildman–Crippen LogP) is 2.75. The van der Waals surface area contributed by atoms with Gasteiger partial charge in [-0.1, -0.05) is 23.2 Å². The number of hydrogen-bond acceptors (Lipinski definition) is 3. The van der Waals surface area contributed by atoms with E-state index in [2.05, 4.69) is 0 Å². The van der Waals surface area contributed by atoms with Crippen molar-refractivity contribution in [2.75, 3.05) is 12.3 Å². The minimum Gasteiger partial charge on any atom is -0.462 e. The summed E-state index contributed by atoms with van der Waals surface area (Å²) in [6.45, 7) is 1.98. The Balaban J connectivity index is 3.14. The van der Waals surface area contributed by atoms with Gasteiger partial charge in [0.25, 0.3) is 0 Å². The van der Waals surface area contributed by atoms with Crippen LogP contribution in [0.1, 0.15) is 17.3 Å². The minimum absolute atomic E-state index is 0.157. The summed E-state index contributed by atoms with van der Waals surface area (Å²) in [5.41, 5.74) is 6.05. The second-order valence-corrected chi connectivity index (χ2v) is 3.39. The third-order valence-corrected chi connectivity index (χ3v) is 2.14. The summed E-state index contributed by atoms with van der Waals surface area (Å²) in [5.74, 6) is -0.539. The summed E-state index contributed by atoms with van der Waals surface area (Å²) < 4.78 is 4.78. The van der Waals surface area contributed by atoms with E-state index in [9.17, 15) is 4.79 Å². The highest BCUT2D eigenvalue weighted by molar-refractivity contribution is 6.39. The van der Waals surface area contributed by atoms with Crippen LogP contribution in [0.15, 0.2) is 12.1 Å². The van der Waals surface area contributed by atoms with E-state index in [1.807, 2.05) is 0 Å². The molecule has 0 saturated carbocycles. The smallest absolute Gasteiger partial charge is 0.341 e. The molecule has 0 bridgehead atoms. The number of esters is 1. The molecular formula is C9H9Cl2NO2. The predicted molar refractivity (Wildman–Crippen MR) is 56.8 cm³/mol. The summed E-state index contributed by atoms with van der Waals surface area (Å²) in [4.78, 5) is 11.4. The van der Waals surface area contributed by atoms with E-state index in [0.717, 1.165) is 0 Å². The standard InChI is InChI=1S/C9H9Cl2NO2/c1-2-14-9(13)8-6(10)3-5(12)4-7(8)11/h3-4H,2,12H2,1H3. The Morgan fingerprint density at radius 1 is 1.43 bits per heavy atom. The van der Waals surface area contributed by atoms with Crippen molar-refractivity contribution in [2.24, 2.45) is 0 Å². The number of hydrogen-bond donors (Lipinski definition) is 1. The van der Waals surface area contributed by atoms with Crippen LogP contribution in [0.5, 0.6) is 0 Å². The van der Waals surface area contributed by atoms with Crippen LogP contribution in [0.2, 0.25) is 10.0 Å². The van der Waals surface area contributed by atoms with Gasteiger partial charge in [-0.25, -0.2) is 4.79 Å². The molecule has 0 saturated heterocycles. The van der Waals surface area contributed by atoms with Crippen LogP contribution in [-0.2, 0) is 4.74 Å². The quantitative estimate of drug-likeness (QED) is 0.632. The Labute approximate surface area is 91.7 Å². The summed E-state index contributed by atoms with van der Waals surface area (Å²) in [5, 5.41) is 0.405. The molecule has 1 aromatic carbocycles. The first-order valence-electron chi connectivity index (χ1n) is 3.98. The third kappa shape index (κ3) is 2.30. The molecule has 2 N–H and O–H groups in total. The number of nitrogen functional groups attached to an aromatic ring is 1. The summed E-state index contributed by atoms with van der Waals surface area (Å²) >= 11 is 11.6. The molecule has 0 heterocycles. The number of nitrogens with two attached hydrogens (primary N) is 1. The zero-order chi connectivity index (χ0) is 10.7. The fourth-order valence-electron chi connectivity index (χ4n) is 0.991. The highest BCUT2D eigenvalue weighted by Crippen LogP contribution is 2.28. The first-order valence-corrected chi connectivity index (χ1v) is 4.73. The number of rotatable bonds is 2. The number of halogens is 2. The van der Waals surface area contributed by atoms with Crippen molar-refractivity contribution >= 4 is 34.9 Å². The molecule has 0 aliphatic heterocycles. The van der Waals surface area contributed by atoms with Gasteiger partial charge in [-0.3, -0.25) is 0 Å². The molecule has 0 aliphatic carbocycles. The lowest BCUT2D eigenvalue weighted by atomic mass is 10.2. The number of ether oxygens (including phenoxy) is 1. The third-order valence-electron chi connectivity index (χ3n) is 1.54. The molecular weight excluding hydrogens is 225 g/mol. The molecule has 76 valence electrons. The first kappa shape index (κ1) is 11.1. The highest BCUT2D eigenvalue weighted by Gasteiger charge is 2.16. The van der Waals surface area contributed by atoms with Gasteiger partial charge in [0.1, 0.15) is 0 Å². The number of carbonyl (C=O) groups is 1. The van der Waals surface area contributed by atoms with E-state index in [1.165, 1.54) is 12.1 Å². The van der Waals surface area contributed by atoms with Gasteiger partial charge < -0.3 is 10.5 Å². The van der Waals surface area contributed by atoms with E-state index in [-0.39, 0.29) is 22.2 Å². The topological polar surface area (TPSA) is 52.3 Å². The molecule has 0 fully saturated rings. The van der Waals surface area contributed by atoms with E-state index >= 15 is 0 Å². The van der Waals surface area contributed by atoms with Crippen LogP contribution < -0.4 is 5.73 Å². The van der Waals surface area contributed by atoms with Crippen LogP contribution in [0, 0.1) is 0 Å². The maximum Gasteiger partial charge on any atom is 0.341 e. The molecule has 0 amide bonds. The van der Waals surface area contributed by atoms with Crippen molar-refractivity contribution in [3.05, 3.63) is 27.7 Å². The normalized spacial score (nSPS) is 9.93. The Morgan fingerprint density at radius 3 is 2.36 bits per heavy atom. The van der Waals surface area contributed by atoms with Crippen molar-refractivity contribution in [3.8, 4) is 0 Å². The molecule has 5 heteroatoms. The van der Waals surface area contributed by atoms with Gasteiger partial charge in [0, 0.05) is 5.69 Å². The monoisotopic (exact) mass is 233 g/mol. The van der Waals surface area contributed by atoms with Crippen LogP contribution in [0.4, 0.5) is 5.69 Å². The Kier molecular flexibility index (Phi) is 3.61. The molecule has 0 aliphatic rings. The van der Waals surface area contributed by atoms with Crippen molar-refractivity contribution in [1.82, 2.24) is 0 Å². The maximum atomic E-state index is 11.4. The molecule has 0 spiro atoms. The second kappa shape index (κ2) is 4.53. The Bertz CT molecular complexity index is 343. The Morgan fingerprint density at radius 2 is 1.93 bits per heavy atom. The minimum atomic E-state index is -0.539. The van der Waals surface area contributed by atoms with Crippen molar-refractivity contribution in [2.45, 2.75) is 6.92 Å². The van der Waals surface area contributed by atoms with E-state index in [1.54, 1.807) is 6.92 Å². The molecule has 0 atom stereocenters. The maximum absolute atomic E-state index is 11.4. The van der Waals surface area contributed by atoms with Crippen LogP contribution >= 0.6 is 23.2 Å². The van der Waals surface area contributed by atoms with Gasteiger partial charge in [0.05, 0.1) is 22.2 Å². The fourth-order valence-corrected chi connectivity index (χ4v) is 1.65. The molecule has 3 nitrogen and oxygen atoms in total. The van der Waals surface area contributed by atoms with Gasteiger partial charge in [0.2, 0.25) is 0 Å². The van der Waals surface area contributed by atoms with E-state index < -0.39 is 5.97 Å². The number of benzene rings is 1. The average molecular weight is 234 g/mol. The summed E-state index contributed by atoms with van der Waals surface area (Å²) in [7, 11) is 0. The van der Waals surface area contributed by atoms with Gasteiger partial charge in [-0.15, -0.1) is 0 Å². The van der Waals surface area contributed by atoms with Gasteiger partial charge >= 0.3 is 5.97 Å². The van der Waals surface area contributed by atoms with E-state index in [4.69, 9.17) is 33.7 Å².